The van der Waals surface area contributed by atoms with Gasteiger partial charge in [-0.2, -0.15) is 0 Å². The van der Waals surface area contributed by atoms with Crippen LogP contribution in [0.25, 0.3) is 5.73 Å². The first-order valence-corrected chi connectivity index (χ1v) is 3.13. The number of benzene rings is 1. The van der Waals surface area contributed by atoms with E-state index in [1.807, 2.05) is 24.3 Å². The van der Waals surface area contributed by atoms with Crippen molar-refractivity contribution in [2.75, 3.05) is 0 Å². The van der Waals surface area contributed by atoms with Crippen molar-refractivity contribution in [1.82, 2.24) is 0 Å². The summed E-state index contributed by atoms with van der Waals surface area (Å²) in [5, 5.41) is 0. The van der Waals surface area contributed by atoms with Crippen molar-refractivity contribution in [2.45, 2.75) is 13.3 Å². The Morgan fingerprint density at radius 1 is 1.20 bits per heavy atom. The first-order valence-electron chi connectivity index (χ1n) is 3.13. The van der Waals surface area contributed by atoms with Crippen LogP contribution in [0.3, 0.4) is 0 Å². The second-order valence-electron chi connectivity index (χ2n) is 2.05. The summed E-state index contributed by atoms with van der Waals surface area (Å²) in [7, 11) is 0. The molecular formula is C8H10NU-. The molecule has 1 rings (SSSR count). The van der Waals surface area contributed by atoms with Crippen molar-refractivity contribution in [3.8, 4) is 0 Å². The van der Waals surface area contributed by atoms with Gasteiger partial charge in [0.2, 0.25) is 0 Å². The molecule has 0 spiro atoms. The molecule has 2 heteroatoms. The van der Waals surface area contributed by atoms with E-state index in [0.717, 1.165) is 6.42 Å². The van der Waals surface area contributed by atoms with Gasteiger partial charge >= 0.3 is 0 Å². The smallest absolute Gasteiger partial charge is 0 e. The molecule has 1 aromatic carbocycles. The number of hydrogen-bond donors (Lipinski definition) is 0. The molecule has 0 amide bonds. The third kappa shape index (κ3) is 2.77. The molecule has 0 aliphatic carbocycles. The van der Waals surface area contributed by atoms with Crippen LogP contribution in [0, 0.1) is 31.1 Å². The molecule has 0 aliphatic heterocycles. The number of aryl methyl sites for hydroxylation is 1. The Kier molecular flexibility index (Phi) is 4.86. The minimum Gasteiger partial charge on any atom is -0.699 e. The van der Waals surface area contributed by atoms with E-state index in [9.17, 15) is 0 Å². The van der Waals surface area contributed by atoms with E-state index in [1.165, 1.54) is 5.56 Å². The van der Waals surface area contributed by atoms with Gasteiger partial charge in [-0.15, -0.1) is 5.69 Å². The Morgan fingerprint density at radius 3 is 2.10 bits per heavy atom. The molecule has 0 saturated heterocycles. The minimum absolute atomic E-state index is 0. The van der Waals surface area contributed by atoms with E-state index in [0.29, 0.717) is 5.69 Å². The van der Waals surface area contributed by atoms with Gasteiger partial charge in [-0.25, -0.2) is 0 Å². The average molecular weight is 358 g/mol. The van der Waals surface area contributed by atoms with Crippen LogP contribution < -0.4 is 0 Å². The van der Waals surface area contributed by atoms with Crippen molar-refractivity contribution in [3.05, 3.63) is 35.6 Å². The van der Waals surface area contributed by atoms with Gasteiger partial charge in [0.15, 0.2) is 0 Å². The zero-order valence-corrected chi connectivity index (χ0v) is 10.2. The molecule has 0 aromatic heterocycles. The molecule has 0 unspecified atom stereocenters. The molecule has 0 heterocycles. The second-order valence-corrected chi connectivity index (χ2v) is 2.05. The molecule has 1 nitrogen and oxygen atoms in total. The predicted molar refractivity (Wildman–Crippen MR) is 39.8 cm³/mol. The monoisotopic (exact) mass is 358 g/mol. The Labute approximate surface area is 85.4 Å². The van der Waals surface area contributed by atoms with E-state index in [4.69, 9.17) is 5.73 Å². The van der Waals surface area contributed by atoms with Gasteiger partial charge in [-0.05, 0) is 12.0 Å². The van der Waals surface area contributed by atoms with Gasteiger partial charge in [-0.1, -0.05) is 31.2 Å². The van der Waals surface area contributed by atoms with Crippen LogP contribution in [-0.4, -0.2) is 0 Å². The van der Waals surface area contributed by atoms with Gasteiger partial charge in [0, 0.05) is 31.1 Å². The fourth-order valence-electron chi connectivity index (χ4n) is 0.740. The summed E-state index contributed by atoms with van der Waals surface area (Å²) in [5.74, 6) is 0. The van der Waals surface area contributed by atoms with Crippen LogP contribution in [0.5, 0.6) is 0 Å². The van der Waals surface area contributed by atoms with Gasteiger partial charge in [-0.3, -0.25) is 0 Å². The van der Waals surface area contributed by atoms with Crippen LogP contribution >= 0.6 is 0 Å². The predicted octanol–water partition coefficient (Wildman–Crippen LogP) is 2.93. The fourth-order valence-corrected chi connectivity index (χ4v) is 0.740. The largest absolute Gasteiger partial charge is 0.699 e. The molecule has 0 bridgehead atoms. The molecule has 1 aromatic rings. The van der Waals surface area contributed by atoms with Crippen LogP contribution in [0.4, 0.5) is 5.69 Å². The average Bonchev–Trinajstić information content (AvgIpc) is 1.90. The van der Waals surface area contributed by atoms with Crippen molar-refractivity contribution in [2.24, 2.45) is 0 Å². The Hall–Kier alpha value is 0.0719. The number of rotatable bonds is 1. The molecule has 1 N–H and O–H groups in total. The summed E-state index contributed by atoms with van der Waals surface area (Å²) in [4.78, 5) is 0. The zero-order chi connectivity index (χ0) is 6.69. The molecule has 52 valence electrons. The molecule has 10 heavy (non-hydrogen) atoms. The topological polar surface area (TPSA) is 23.8 Å². The van der Waals surface area contributed by atoms with Crippen molar-refractivity contribution < 1.29 is 31.1 Å². The maximum atomic E-state index is 7.17. The maximum absolute atomic E-state index is 7.17. The van der Waals surface area contributed by atoms with Crippen molar-refractivity contribution in [1.29, 1.82) is 0 Å². The standard InChI is InChI=1S/C8H10N.U/c1-2-7-3-5-8(9)6-4-7;/h3-6,9H,2H2,1H3;/q-1;. The molecule has 0 radical (unpaired) electrons. The summed E-state index contributed by atoms with van der Waals surface area (Å²) < 4.78 is 0. The first kappa shape index (κ1) is 10.1. The van der Waals surface area contributed by atoms with Crippen molar-refractivity contribution in [3.63, 3.8) is 0 Å². The summed E-state index contributed by atoms with van der Waals surface area (Å²) in [5.41, 5.74) is 9.05. The zero-order valence-electron chi connectivity index (χ0n) is 6.02. The summed E-state index contributed by atoms with van der Waals surface area (Å²) in [6, 6.07) is 7.61. The normalized spacial score (nSPS) is 8.50. The quantitative estimate of drug-likeness (QED) is 0.737. The van der Waals surface area contributed by atoms with Gasteiger partial charge in [0.25, 0.3) is 0 Å². The Balaban J connectivity index is 0.000000810. The van der Waals surface area contributed by atoms with E-state index >= 15 is 0 Å². The second kappa shape index (κ2) is 4.82. The van der Waals surface area contributed by atoms with Gasteiger partial charge in [0.05, 0.1) is 0 Å². The summed E-state index contributed by atoms with van der Waals surface area (Å²) >= 11 is 0. The third-order valence-electron chi connectivity index (χ3n) is 1.36. The Bertz CT molecular complexity index is 181. The molecule has 0 fully saturated rings. The number of hydrogen-bond acceptors (Lipinski definition) is 0. The SMILES string of the molecule is CCc1ccc([NH-])cc1.[U]. The van der Waals surface area contributed by atoms with Gasteiger partial charge in [0.1, 0.15) is 0 Å². The Morgan fingerprint density at radius 2 is 1.70 bits per heavy atom. The number of nitrogens with one attached hydrogen (secondary N) is 1. The fraction of sp³-hybridized carbons (Fsp3) is 0.250. The van der Waals surface area contributed by atoms with Crippen LogP contribution in [-0.2, 0) is 6.42 Å². The van der Waals surface area contributed by atoms with E-state index in [2.05, 4.69) is 6.92 Å². The van der Waals surface area contributed by atoms with E-state index in [-0.39, 0.29) is 31.1 Å². The van der Waals surface area contributed by atoms with Crippen LogP contribution in [0.15, 0.2) is 24.3 Å². The van der Waals surface area contributed by atoms with Crippen LogP contribution in [0.2, 0.25) is 0 Å². The maximum Gasteiger partial charge on any atom is 0 e. The van der Waals surface area contributed by atoms with E-state index in [1.54, 1.807) is 0 Å². The molecule has 0 aliphatic rings. The van der Waals surface area contributed by atoms with Gasteiger partial charge < -0.3 is 5.73 Å². The van der Waals surface area contributed by atoms with Crippen molar-refractivity contribution >= 4 is 5.69 Å². The molecule has 0 saturated carbocycles. The summed E-state index contributed by atoms with van der Waals surface area (Å²) in [6.07, 6.45) is 1.06. The first-order chi connectivity index (χ1) is 4.33. The minimum atomic E-state index is 0. The summed E-state index contributed by atoms with van der Waals surface area (Å²) in [6.45, 7) is 2.11. The molecular weight excluding hydrogens is 348 g/mol. The molecule has 0 atom stereocenters. The van der Waals surface area contributed by atoms with E-state index < -0.39 is 0 Å². The third-order valence-corrected chi connectivity index (χ3v) is 1.36. The van der Waals surface area contributed by atoms with Crippen LogP contribution in [0.1, 0.15) is 12.5 Å².